The molecule has 0 atom stereocenters. The lowest BCUT2D eigenvalue weighted by atomic mass is 10.1. The van der Waals surface area contributed by atoms with Crippen LogP contribution in [0.5, 0.6) is 0 Å². The third-order valence-electron chi connectivity index (χ3n) is 2.79. The number of aliphatic imine (C=N–C) groups is 2. The Morgan fingerprint density at radius 1 is 0.789 bits per heavy atom. The van der Waals surface area contributed by atoms with Gasteiger partial charge in [0.25, 0.3) is 0 Å². The van der Waals surface area contributed by atoms with E-state index in [2.05, 4.69) is 9.98 Å². The quantitative estimate of drug-likeness (QED) is 0.516. The van der Waals surface area contributed by atoms with Crippen LogP contribution in [0.2, 0.25) is 0 Å². The summed E-state index contributed by atoms with van der Waals surface area (Å²) >= 11 is 0. The first-order valence-electron chi connectivity index (χ1n) is 5.44. The number of benzene rings is 2. The summed E-state index contributed by atoms with van der Waals surface area (Å²) in [5, 5.41) is 1.70. The zero-order valence-electron chi connectivity index (χ0n) is 9.58. The van der Waals surface area contributed by atoms with Crippen molar-refractivity contribution in [3.63, 3.8) is 0 Å². The first-order valence-corrected chi connectivity index (χ1v) is 5.44. The third kappa shape index (κ3) is 1.85. The molecule has 0 fully saturated rings. The fourth-order valence-electron chi connectivity index (χ4n) is 2.00. The van der Waals surface area contributed by atoms with E-state index in [1.165, 1.54) is 12.2 Å². The van der Waals surface area contributed by atoms with Crippen molar-refractivity contribution < 1.29 is 14.0 Å². The van der Waals surface area contributed by atoms with E-state index in [-0.39, 0.29) is 0 Å². The topological polar surface area (TPSA) is 72.0 Å². The molecule has 0 saturated heterocycles. The lowest BCUT2D eigenvalue weighted by molar-refractivity contribution is 0.564. The third-order valence-corrected chi connectivity index (χ3v) is 2.79. The second kappa shape index (κ2) is 4.35. The van der Waals surface area contributed by atoms with E-state index < -0.39 is 0 Å². The van der Waals surface area contributed by atoms with Gasteiger partial charge >= 0.3 is 0 Å². The molecule has 0 aliphatic heterocycles. The molecule has 0 bridgehead atoms. The minimum Gasteiger partial charge on any atom is -0.456 e. The summed E-state index contributed by atoms with van der Waals surface area (Å²) in [5.74, 6) is 0. The van der Waals surface area contributed by atoms with Gasteiger partial charge in [-0.25, -0.2) is 9.59 Å². The lowest BCUT2D eigenvalue weighted by Gasteiger charge is -1.92. The Bertz CT molecular complexity index is 882. The number of isocyanates is 2. The molecule has 90 valence electrons. The van der Waals surface area contributed by atoms with E-state index in [1.54, 1.807) is 36.4 Å². The molecule has 3 aromatic rings. The van der Waals surface area contributed by atoms with Crippen molar-refractivity contribution >= 4 is 45.5 Å². The molecule has 0 aliphatic carbocycles. The molecule has 1 aromatic heterocycles. The molecular formula is C14H6N2O3. The molecule has 0 aliphatic rings. The summed E-state index contributed by atoms with van der Waals surface area (Å²) in [7, 11) is 0. The van der Waals surface area contributed by atoms with Crippen LogP contribution in [0.15, 0.2) is 50.8 Å². The fraction of sp³-hybridized carbons (Fsp3) is 0. The number of rotatable bonds is 2. The zero-order chi connectivity index (χ0) is 13.2. The van der Waals surface area contributed by atoms with Gasteiger partial charge in [-0.2, -0.15) is 9.98 Å². The molecule has 5 nitrogen and oxygen atoms in total. The van der Waals surface area contributed by atoms with Gasteiger partial charge in [0.1, 0.15) is 11.2 Å². The number of fused-ring (bicyclic) bond motifs is 3. The highest BCUT2D eigenvalue weighted by atomic mass is 16.3. The average molecular weight is 250 g/mol. The zero-order valence-corrected chi connectivity index (χ0v) is 9.58. The Balaban J connectivity index is 2.32. The maximum Gasteiger partial charge on any atom is 0.240 e. The van der Waals surface area contributed by atoms with Crippen LogP contribution in [-0.4, -0.2) is 12.2 Å². The highest BCUT2D eigenvalue weighted by Gasteiger charge is 2.08. The second-order valence-electron chi connectivity index (χ2n) is 3.87. The minimum atomic E-state index is 0.479. The van der Waals surface area contributed by atoms with Crippen molar-refractivity contribution in [3.05, 3.63) is 36.4 Å². The SMILES string of the molecule is O=C=Nc1ccc2c(c1)oc1ccc(N=C=O)cc12. The molecule has 0 spiro atoms. The summed E-state index contributed by atoms with van der Waals surface area (Å²) in [4.78, 5) is 27.6. The Hall–Kier alpha value is -3.00. The molecule has 0 saturated carbocycles. The monoisotopic (exact) mass is 250 g/mol. The van der Waals surface area contributed by atoms with Crippen molar-refractivity contribution in [2.75, 3.05) is 0 Å². The molecule has 1 heterocycles. The van der Waals surface area contributed by atoms with Gasteiger partial charge < -0.3 is 4.42 Å². The smallest absolute Gasteiger partial charge is 0.240 e. The predicted molar refractivity (Wildman–Crippen MR) is 69.3 cm³/mol. The van der Waals surface area contributed by atoms with Crippen molar-refractivity contribution in [2.24, 2.45) is 9.98 Å². The molecule has 19 heavy (non-hydrogen) atoms. The summed E-state index contributed by atoms with van der Waals surface area (Å²) in [6.45, 7) is 0. The largest absolute Gasteiger partial charge is 0.456 e. The summed E-state index contributed by atoms with van der Waals surface area (Å²) < 4.78 is 5.64. The van der Waals surface area contributed by atoms with Gasteiger partial charge in [-0.05, 0) is 30.3 Å². The molecule has 0 unspecified atom stereocenters. The van der Waals surface area contributed by atoms with E-state index in [0.29, 0.717) is 22.5 Å². The van der Waals surface area contributed by atoms with Crippen molar-refractivity contribution in [1.82, 2.24) is 0 Å². The van der Waals surface area contributed by atoms with Gasteiger partial charge in [0.2, 0.25) is 12.2 Å². The number of carbonyl (C=O) groups excluding carboxylic acids is 2. The van der Waals surface area contributed by atoms with Crippen LogP contribution < -0.4 is 0 Å². The molecule has 0 amide bonds. The highest BCUT2D eigenvalue weighted by Crippen LogP contribution is 2.33. The lowest BCUT2D eigenvalue weighted by Crippen LogP contribution is -1.68. The van der Waals surface area contributed by atoms with Crippen LogP contribution >= 0.6 is 0 Å². The standard InChI is InChI=1S/C14H6N2O3/c17-7-15-9-2-4-13-12(5-9)11-3-1-10(16-8-18)6-14(11)19-13/h1-6H. The van der Waals surface area contributed by atoms with E-state index >= 15 is 0 Å². The van der Waals surface area contributed by atoms with Crippen LogP contribution in [0.25, 0.3) is 21.9 Å². The molecular weight excluding hydrogens is 244 g/mol. The summed E-state index contributed by atoms with van der Waals surface area (Å²) in [5.41, 5.74) is 2.28. The van der Waals surface area contributed by atoms with Gasteiger partial charge in [0, 0.05) is 16.8 Å². The van der Waals surface area contributed by atoms with E-state index in [1.807, 2.05) is 0 Å². The maximum absolute atomic E-state index is 10.3. The fourth-order valence-corrected chi connectivity index (χ4v) is 2.00. The van der Waals surface area contributed by atoms with Gasteiger partial charge in [0.05, 0.1) is 11.4 Å². The van der Waals surface area contributed by atoms with Crippen LogP contribution in [0.1, 0.15) is 0 Å². The van der Waals surface area contributed by atoms with E-state index in [4.69, 9.17) is 4.42 Å². The van der Waals surface area contributed by atoms with Crippen molar-refractivity contribution in [1.29, 1.82) is 0 Å². The number of nitrogens with zero attached hydrogens (tertiary/aromatic N) is 2. The first-order chi connectivity index (χ1) is 9.31. The van der Waals surface area contributed by atoms with Crippen LogP contribution in [0, 0.1) is 0 Å². The predicted octanol–water partition coefficient (Wildman–Crippen LogP) is 3.52. The molecule has 2 aromatic carbocycles. The Labute approximate surface area is 106 Å². The normalized spacial score (nSPS) is 10.1. The van der Waals surface area contributed by atoms with E-state index in [9.17, 15) is 9.59 Å². The maximum atomic E-state index is 10.3. The van der Waals surface area contributed by atoms with Gasteiger partial charge in [-0.3, -0.25) is 0 Å². The Morgan fingerprint density at radius 3 is 2.21 bits per heavy atom. The summed E-state index contributed by atoms with van der Waals surface area (Å²) in [6.07, 6.45) is 2.98. The first kappa shape index (κ1) is 11.1. The van der Waals surface area contributed by atoms with Crippen molar-refractivity contribution in [2.45, 2.75) is 0 Å². The second-order valence-corrected chi connectivity index (χ2v) is 3.87. The number of hydrogen-bond acceptors (Lipinski definition) is 5. The van der Waals surface area contributed by atoms with Gasteiger partial charge in [-0.1, -0.05) is 0 Å². The summed E-state index contributed by atoms with van der Waals surface area (Å²) in [6, 6.07) is 10.3. The molecule has 0 radical (unpaired) electrons. The highest BCUT2D eigenvalue weighted by molar-refractivity contribution is 6.06. The number of furan rings is 1. The van der Waals surface area contributed by atoms with Crippen LogP contribution in [-0.2, 0) is 9.59 Å². The Kier molecular flexibility index (Phi) is 2.54. The van der Waals surface area contributed by atoms with Gasteiger partial charge in [0.15, 0.2) is 0 Å². The van der Waals surface area contributed by atoms with Gasteiger partial charge in [-0.15, -0.1) is 0 Å². The molecule has 0 N–H and O–H groups in total. The molecule has 5 heteroatoms. The number of hydrogen-bond donors (Lipinski definition) is 0. The van der Waals surface area contributed by atoms with E-state index in [0.717, 1.165) is 10.8 Å². The van der Waals surface area contributed by atoms with Crippen LogP contribution in [0.3, 0.4) is 0 Å². The Morgan fingerprint density at radius 2 is 1.47 bits per heavy atom. The van der Waals surface area contributed by atoms with Crippen LogP contribution in [0.4, 0.5) is 11.4 Å². The average Bonchev–Trinajstić information content (AvgIpc) is 2.77. The molecule has 3 rings (SSSR count). The van der Waals surface area contributed by atoms with Crippen molar-refractivity contribution in [3.8, 4) is 0 Å². The minimum absolute atomic E-state index is 0.479.